The molecule has 0 radical (unpaired) electrons. The van der Waals surface area contributed by atoms with Crippen molar-refractivity contribution in [2.75, 3.05) is 6.61 Å². The molecule has 0 amide bonds. The number of nitro benzene ring substituents is 1. The van der Waals surface area contributed by atoms with Crippen LogP contribution in [0.1, 0.15) is 18.4 Å². The molecule has 0 fully saturated rings. The van der Waals surface area contributed by atoms with Crippen LogP contribution in [0.2, 0.25) is 0 Å². The van der Waals surface area contributed by atoms with E-state index < -0.39 is 4.92 Å². The van der Waals surface area contributed by atoms with Crippen molar-refractivity contribution in [2.24, 2.45) is 0 Å². The summed E-state index contributed by atoms with van der Waals surface area (Å²) >= 11 is 0. The number of benzene rings is 1. The first-order valence-corrected chi connectivity index (χ1v) is 5.13. The Kier molecular flexibility index (Phi) is 4.98. The Morgan fingerprint density at radius 1 is 1.53 bits per heavy atom. The van der Waals surface area contributed by atoms with Gasteiger partial charge < -0.3 is 9.84 Å². The van der Waals surface area contributed by atoms with Crippen molar-refractivity contribution in [1.82, 2.24) is 0 Å². The molecule has 0 spiro atoms. The summed E-state index contributed by atoms with van der Waals surface area (Å²) < 4.78 is 5.28. The molecule has 1 aromatic rings. The summed E-state index contributed by atoms with van der Waals surface area (Å²) in [6.07, 6.45) is 6.30. The normalized spacial score (nSPS) is 9.65. The fourth-order valence-corrected chi connectivity index (χ4v) is 1.28. The van der Waals surface area contributed by atoms with E-state index in [-0.39, 0.29) is 18.0 Å². The monoisotopic (exact) mass is 235 g/mol. The summed E-state index contributed by atoms with van der Waals surface area (Å²) in [5.74, 6) is 2.66. The fourth-order valence-electron chi connectivity index (χ4n) is 1.28. The maximum absolute atomic E-state index is 10.8. The maximum Gasteiger partial charge on any atom is 0.311 e. The molecule has 0 aliphatic heterocycles. The van der Waals surface area contributed by atoms with Gasteiger partial charge in [-0.1, -0.05) is 6.07 Å². The van der Waals surface area contributed by atoms with Crippen LogP contribution in [0.3, 0.4) is 0 Å². The van der Waals surface area contributed by atoms with Crippen molar-refractivity contribution >= 4 is 5.69 Å². The van der Waals surface area contributed by atoms with Crippen molar-refractivity contribution in [1.29, 1.82) is 0 Å². The van der Waals surface area contributed by atoms with Gasteiger partial charge in [-0.05, 0) is 18.1 Å². The van der Waals surface area contributed by atoms with E-state index in [4.69, 9.17) is 16.3 Å². The van der Waals surface area contributed by atoms with Gasteiger partial charge in [-0.15, -0.1) is 12.3 Å². The topological polar surface area (TPSA) is 72.6 Å². The zero-order chi connectivity index (χ0) is 12.7. The zero-order valence-electron chi connectivity index (χ0n) is 9.26. The number of nitro groups is 1. The lowest BCUT2D eigenvalue weighted by Gasteiger charge is -2.06. The largest absolute Gasteiger partial charge is 0.487 e. The molecule has 5 nitrogen and oxygen atoms in total. The van der Waals surface area contributed by atoms with Crippen molar-refractivity contribution in [3.63, 3.8) is 0 Å². The fraction of sp³-hybridized carbons (Fsp3) is 0.333. The first-order valence-electron chi connectivity index (χ1n) is 5.13. The Hall–Kier alpha value is -2.06. The number of hydrogen-bond donors (Lipinski definition) is 1. The molecule has 1 aromatic carbocycles. The van der Waals surface area contributed by atoms with E-state index >= 15 is 0 Å². The maximum atomic E-state index is 10.8. The Morgan fingerprint density at radius 2 is 2.29 bits per heavy atom. The number of ether oxygens (including phenoxy) is 1. The Bertz CT molecular complexity index is 437. The molecule has 0 aliphatic rings. The molecule has 0 aromatic heterocycles. The lowest BCUT2D eigenvalue weighted by Crippen LogP contribution is -2.01. The zero-order valence-corrected chi connectivity index (χ0v) is 9.26. The minimum absolute atomic E-state index is 0.141. The highest BCUT2D eigenvalue weighted by molar-refractivity contribution is 5.48. The third-order valence-corrected chi connectivity index (χ3v) is 2.13. The van der Waals surface area contributed by atoms with E-state index in [9.17, 15) is 10.1 Å². The van der Waals surface area contributed by atoms with Crippen LogP contribution in [-0.4, -0.2) is 16.6 Å². The summed E-state index contributed by atoms with van der Waals surface area (Å²) in [7, 11) is 0. The van der Waals surface area contributed by atoms with E-state index in [1.807, 2.05) is 0 Å². The third-order valence-electron chi connectivity index (χ3n) is 2.13. The number of hydrogen-bond acceptors (Lipinski definition) is 4. The van der Waals surface area contributed by atoms with E-state index in [1.54, 1.807) is 6.07 Å². The standard InChI is InChI=1S/C12H13NO4/c1-2-3-4-7-17-12-6-5-10(9-14)8-11(12)13(15)16/h1,5-6,8,14H,3-4,7,9H2. The van der Waals surface area contributed by atoms with Crippen LogP contribution in [-0.2, 0) is 6.61 Å². The number of terminal acetylenes is 1. The van der Waals surface area contributed by atoms with Gasteiger partial charge in [0.1, 0.15) is 0 Å². The lowest BCUT2D eigenvalue weighted by molar-refractivity contribution is -0.386. The molecule has 0 saturated carbocycles. The summed E-state index contributed by atoms with van der Waals surface area (Å²) in [4.78, 5) is 10.3. The lowest BCUT2D eigenvalue weighted by atomic mass is 10.2. The molecular formula is C12H13NO4. The van der Waals surface area contributed by atoms with Gasteiger partial charge in [0.05, 0.1) is 18.1 Å². The molecule has 5 heteroatoms. The average molecular weight is 235 g/mol. The second-order valence-corrected chi connectivity index (χ2v) is 3.37. The predicted octanol–water partition coefficient (Wildman–Crippen LogP) is 1.88. The number of unbranched alkanes of at least 4 members (excludes halogenated alkanes) is 1. The van der Waals surface area contributed by atoms with Crippen LogP contribution >= 0.6 is 0 Å². The van der Waals surface area contributed by atoms with Gasteiger partial charge in [-0.3, -0.25) is 10.1 Å². The number of rotatable bonds is 6. The van der Waals surface area contributed by atoms with Gasteiger partial charge in [0.25, 0.3) is 0 Å². The first-order chi connectivity index (χ1) is 8.19. The van der Waals surface area contributed by atoms with Gasteiger partial charge in [0.15, 0.2) is 5.75 Å². The molecular weight excluding hydrogens is 222 g/mol. The summed E-state index contributed by atoms with van der Waals surface area (Å²) in [5, 5.41) is 19.7. The smallest absolute Gasteiger partial charge is 0.311 e. The Labute approximate surface area is 99.2 Å². The van der Waals surface area contributed by atoms with Crippen molar-refractivity contribution in [2.45, 2.75) is 19.4 Å². The molecule has 90 valence electrons. The van der Waals surface area contributed by atoms with Crippen LogP contribution in [0.5, 0.6) is 5.75 Å². The quantitative estimate of drug-likeness (QED) is 0.353. The highest BCUT2D eigenvalue weighted by Gasteiger charge is 2.15. The highest BCUT2D eigenvalue weighted by atomic mass is 16.6. The molecule has 0 saturated heterocycles. The van der Waals surface area contributed by atoms with Crippen LogP contribution in [0.4, 0.5) is 5.69 Å². The van der Waals surface area contributed by atoms with Gasteiger partial charge in [0, 0.05) is 12.5 Å². The summed E-state index contributed by atoms with van der Waals surface area (Å²) in [5.41, 5.74) is 0.338. The highest BCUT2D eigenvalue weighted by Crippen LogP contribution is 2.28. The van der Waals surface area contributed by atoms with Gasteiger partial charge in [0.2, 0.25) is 0 Å². The SMILES string of the molecule is C#CCCCOc1ccc(CO)cc1[N+](=O)[O-]. The van der Waals surface area contributed by atoms with Crippen molar-refractivity contribution in [3.8, 4) is 18.1 Å². The Morgan fingerprint density at radius 3 is 2.88 bits per heavy atom. The molecule has 1 N–H and O–H groups in total. The minimum Gasteiger partial charge on any atom is -0.487 e. The summed E-state index contributed by atoms with van der Waals surface area (Å²) in [6.45, 7) is 0.0989. The Balaban J connectivity index is 2.77. The first kappa shape index (κ1) is 13.0. The van der Waals surface area contributed by atoms with Gasteiger partial charge in [-0.25, -0.2) is 0 Å². The van der Waals surface area contributed by atoms with Crippen LogP contribution in [0.15, 0.2) is 18.2 Å². The summed E-state index contributed by atoms with van der Waals surface area (Å²) in [6, 6.07) is 4.37. The van der Waals surface area contributed by atoms with Crippen LogP contribution in [0, 0.1) is 22.5 Å². The minimum atomic E-state index is -0.532. The van der Waals surface area contributed by atoms with E-state index in [0.29, 0.717) is 25.0 Å². The number of aliphatic hydroxyl groups is 1. The number of nitrogens with zero attached hydrogens (tertiary/aromatic N) is 1. The van der Waals surface area contributed by atoms with E-state index in [1.165, 1.54) is 12.1 Å². The molecule has 0 atom stereocenters. The molecule has 0 bridgehead atoms. The predicted molar refractivity (Wildman–Crippen MR) is 62.6 cm³/mol. The van der Waals surface area contributed by atoms with Gasteiger partial charge >= 0.3 is 5.69 Å². The number of aliphatic hydroxyl groups excluding tert-OH is 1. The van der Waals surface area contributed by atoms with Crippen molar-refractivity contribution in [3.05, 3.63) is 33.9 Å². The van der Waals surface area contributed by atoms with Gasteiger partial charge in [-0.2, -0.15) is 0 Å². The second kappa shape index (κ2) is 6.51. The van der Waals surface area contributed by atoms with Crippen LogP contribution in [0.25, 0.3) is 0 Å². The molecule has 1 rings (SSSR count). The van der Waals surface area contributed by atoms with Crippen LogP contribution < -0.4 is 4.74 Å². The average Bonchev–Trinajstić information content (AvgIpc) is 2.34. The molecule has 0 heterocycles. The molecule has 0 unspecified atom stereocenters. The van der Waals surface area contributed by atoms with Crippen molar-refractivity contribution < 1.29 is 14.8 Å². The second-order valence-electron chi connectivity index (χ2n) is 3.37. The molecule has 17 heavy (non-hydrogen) atoms. The van der Waals surface area contributed by atoms with E-state index in [2.05, 4.69) is 5.92 Å². The molecule has 0 aliphatic carbocycles. The third kappa shape index (κ3) is 3.78. The van der Waals surface area contributed by atoms with E-state index in [0.717, 1.165) is 0 Å².